The Morgan fingerprint density at radius 2 is 1.52 bits per heavy atom. The quantitative estimate of drug-likeness (QED) is 0.667. The van der Waals surface area contributed by atoms with E-state index in [-0.39, 0.29) is 0 Å². The van der Waals surface area contributed by atoms with Crippen LogP contribution in [0.2, 0.25) is 0 Å². The van der Waals surface area contributed by atoms with E-state index in [2.05, 4.69) is 90.0 Å². The molecule has 3 heteroatoms. The minimum atomic E-state index is 0.417. The molecule has 0 aliphatic carbocycles. The Bertz CT molecular complexity index is 550. The van der Waals surface area contributed by atoms with Gasteiger partial charge in [0.25, 0.3) is 0 Å². The van der Waals surface area contributed by atoms with Crippen LogP contribution in [0.3, 0.4) is 0 Å². The topological polar surface area (TPSA) is 12.5 Å². The average Bonchev–Trinajstić information content (AvgIpc) is 2.53. The zero-order valence-electron chi connectivity index (χ0n) is 12.8. The number of halogens is 1. The summed E-state index contributed by atoms with van der Waals surface area (Å²) < 4.78 is 6.40. The minimum absolute atomic E-state index is 0.417. The predicted octanol–water partition coefficient (Wildman–Crippen LogP) is 4.53. The van der Waals surface area contributed by atoms with Gasteiger partial charge in [0.05, 0.1) is 6.61 Å². The van der Waals surface area contributed by atoms with Gasteiger partial charge in [0, 0.05) is 35.9 Å². The fourth-order valence-electron chi connectivity index (χ4n) is 2.32. The molecule has 0 saturated heterocycles. The molecule has 1 atom stereocenters. The van der Waals surface area contributed by atoms with Gasteiger partial charge in [-0.25, -0.2) is 0 Å². The largest absolute Gasteiger partial charge is 0.383 e. The van der Waals surface area contributed by atoms with Crippen molar-refractivity contribution in [2.75, 3.05) is 32.2 Å². The molecule has 0 fully saturated rings. The lowest BCUT2D eigenvalue weighted by Crippen LogP contribution is -2.21. The summed E-state index contributed by atoms with van der Waals surface area (Å²) in [6.45, 7) is 3.91. The van der Waals surface area contributed by atoms with E-state index in [1.54, 1.807) is 7.11 Å². The fraction of sp³-hybridized carbons (Fsp3) is 0.333. The predicted molar refractivity (Wildman–Crippen MR) is 98.3 cm³/mol. The van der Waals surface area contributed by atoms with Crippen molar-refractivity contribution in [2.24, 2.45) is 0 Å². The third-order valence-electron chi connectivity index (χ3n) is 3.83. The SMILES string of the molecule is COCCN(C)c1ccc(C(C)c2ccc(I)cc2)cc1. The Morgan fingerprint density at radius 1 is 1.00 bits per heavy atom. The molecule has 1 unspecified atom stereocenters. The van der Waals surface area contributed by atoms with E-state index in [4.69, 9.17) is 4.74 Å². The van der Waals surface area contributed by atoms with Crippen LogP contribution in [0.5, 0.6) is 0 Å². The first kappa shape index (κ1) is 16.3. The summed E-state index contributed by atoms with van der Waals surface area (Å²) in [5, 5.41) is 0. The second kappa shape index (κ2) is 7.80. The van der Waals surface area contributed by atoms with Gasteiger partial charge in [0.2, 0.25) is 0 Å². The van der Waals surface area contributed by atoms with Crippen LogP contribution in [0.15, 0.2) is 48.5 Å². The molecule has 0 amide bonds. The number of methoxy groups -OCH3 is 1. The minimum Gasteiger partial charge on any atom is -0.383 e. The number of hydrogen-bond donors (Lipinski definition) is 0. The fourth-order valence-corrected chi connectivity index (χ4v) is 2.68. The standard InChI is InChI=1S/C18H22INO/c1-14(15-4-8-17(19)9-5-15)16-6-10-18(11-7-16)20(2)12-13-21-3/h4-11,14H,12-13H2,1-3H3. The van der Waals surface area contributed by atoms with Gasteiger partial charge < -0.3 is 9.64 Å². The number of likely N-dealkylation sites (N-methyl/N-ethyl adjacent to an activating group) is 1. The summed E-state index contributed by atoms with van der Waals surface area (Å²) in [5.41, 5.74) is 3.93. The molecule has 2 nitrogen and oxygen atoms in total. The van der Waals surface area contributed by atoms with Gasteiger partial charge in [0.15, 0.2) is 0 Å². The molecule has 2 aromatic rings. The molecule has 0 radical (unpaired) electrons. The van der Waals surface area contributed by atoms with Gasteiger partial charge in [-0.2, -0.15) is 0 Å². The zero-order valence-corrected chi connectivity index (χ0v) is 15.0. The van der Waals surface area contributed by atoms with E-state index in [1.165, 1.54) is 20.4 Å². The molecule has 21 heavy (non-hydrogen) atoms. The van der Waals surface area contributed by atoms with Crippen LogP contribution in [-0.4, -0.2) is 27.3 Å². The Balaban J connectivity index is 2.09. The van der Waals surface area contributed by atoms with Crippen molar-refractivity contribution in [3.63, 3.8) is 0 Å². The normalized spacial score (nSPS) is 12.2. The van der Waals surface area contributed by atoms with Crippen LogP contribution < -0.4 is 4.90 Å². The maximum absolute atomic E-state index is 5.12. The highest BCUT2D eigenvalue weighted by Crippen LogP contribution is 2.26. The highest BCUT2D eigenvalue weighted by molar-refractivity contribution is 14.1. The number of rotatable bonds is 6. The first-order chi connectivity index (χ1) is 10.1. The highest BCUT2D eigenvalue weighted by atomic mass is 127. The maximum Gasteiger partial charge on any atom is 0.0637 e. The molecule has 2 rings (SSSR count). The van der Waals surface area contributed by atoms with Crippen LogP contribution in [0, 0.1) is 3.57 Å². The first-order valence-corrected chi connectivity index (χ1v) is 8.25. The molecule has 0 N–H and O–H groups in total. The first-order valence-electron chi connectivity index (χ1n) is 7.17. The third kappa shape index (κ3) is 4.45. The molecule has 0 bridgehead atoms. The number of nitrogens with zero attached hydrogens (tertiary/aromatic N) is 1. The second-order valence-corrected chi connectivity index (χ2v) is 6.52. The van der Waals surface area contributed by atoms with Crippen molar-refractivity contribution >= 4 is 28.3 Å². The van der Waals surface area contributed by atoms with E-state index < -0.39 is 0 Å². The number of anilines is 1. The summed E-state index contributed by atoms with van der Waals surface area (Å²) in [4.78, 5) is 2.21. The van der Waals surface area contributed by atoms with Crippen molar-refractivity contribution in [3.05, 3.63) is 63.2 Å². The Hall–Kier alpha value is -1.07. The smallest absolute Gasteiger partial charge is 0.0637 e. The van der Waals surface area contributed by atoms with Gasteiger partial charge in [-0.05, 0) is 58.0 Å². The lowest BCUT2D eigenvalue weighted by molar-refractivity contribution is 0.206. The highest BCUT2D eigenvalue weighted by Gasteiger charge is 2.09. The maximum atomic E-state index is 5.12. The lowest BCUT2D eigenvalue weighted by Gasteiger charge is -2.20. The molecule has 112 valence electrons. The number of hydrogen-bond acceptors (Lipinski definition) is 2. The van der Waals surface area contributed by atoms with Gasteiger partial charge >= 0.3 is 0 Å². The van der Waals surface area contributed by atoms with Crippen molar-refractivity contribution < 1.29 is 4.74 Å². The van der Waals surface area contributed by atoms with E-state index in [0.29, 0.717) is 5.92 Å². The number of ether oxygens (including phenoxy) is 1. The van der Waals surface area contributed by atoms with Crippen LogP contribution in [0.1, 0.15) is 24.0 Å². The second-order valence-electron chi connectivity index (χ2n) is 5.28. The molecule has 0 aliphatic rings. The number of benzene rings is 2. The van der Waals surface area contributed by atoms with Crippen molar-refractivity contribution in [3.8, 4) is 0 Å². The Morgan fingerprint density at radius 3 is 2.05 bits per heavy atom. The Kier molecular flexibility index (Phi) is 6.06. The summed E-state index contributed by atoms with van der Waals surface area (Å²) in [7, 11) is 3.83. The summed E-state index contributed by atoms with van der Waals surface area (Å²) in [6, 6.07) is 17.6. The van der Waals surface area contributed by atoms with Gasteiger partial charge in [0.1, 0.15) is 0 Å². The molecule has 2 aromatic carbocycles. The van der Waals surface area contributed by atoms with E-state index in [1.807, 2.05) is 0 Å². The van der Waals surface area contributed by atoms with Crippen molar-refractivity contribution in [1.29, 1.82) is 0 Å². The lowest BCUT2D eigenvalue weighted by atomic mass is 9.93. The van der Waals surface area contributed by atoms with Crippen LogP contribution in [-0.2, 0) is 4.74 Å². The third-order valence-corrected chi connectivity index (χ3v) is 4.55. The molecule has 0 saturated carbocycles. The van der Waals surface area contributed by atoms with Crippen molar-refractivity contribution in [1.82, 2.24) is 0 Å². The van der Waals surface area contributed by atoms with Crippen LogP contribution in [0.4, 0.5) is 5.69 Å². The molecule has 0 aliphatic heterocycles. The summed E-state index contributed by atoms with van der Waals surface area (Å²) in [5.74, 6) is 0.417. The molecule has 0 aromatic heterocycles. The van der Waals surface area contributed by atoms with E-state index in [9.17, 15) is 0 Å². The Labute approximate surface area is 141 Å². The average molecular weight is 395 g/mol. The molecule has 0 heterocycles. The molecular weight excluding hydrogens is 373 g/mol. The van der Waals surface area contributed by atoms with Gasteiger partial charge in [-0.15, -0.1) is 0 Å². The van der Waals surface area contributed by atoms with Crippen molar-refractivity contribution in [2.45, 2.75) is 12.8 Å². The van der Waals surface area contributed by atoms with Crippen LogP contribution in [0.25, 0.3) is 0 Å². The summed E-state index contributed by atoms with van der Waals surface area (Å²) >= 11 is 2.34. The molecule has 0 spiro atoms. The monoisotopic (exact) mass is 395 g/mol. The zero-order chi connectivity index (χ0) is 15.2. The molecular formula is C18H22INO. The van der Waals surface area contributed by atoms with E-state index in [0.717, 1.165) is 13.2 Å². The van der Waals surface area contributed by atoms with E-state index >= 15 is 0 Å². The summed E-state index contributed by atoms with van der Waals surface area (Å²) in [6.07, 6.45) is 0. The van der Waals surface area contributed by atoms with Gasteiger partial charge in [-0.3, -0.25) is 0 Å². The van der Waals surface area contributed by atoms with Gasteiger partial charge in [-0.1, -0.05) is 31.2 Å². The van der Waals surface area contributed by atoms with Crippen LogP contribution >= 0.6 is 22.6 Å².